The molecular formula is C19H26N4O8S. The average molecular weight is 471 g/mol. The molecule has 0 radical (unpaired) electrons. The van der Waals surface area contributed by atoms with Crippen molar-refractivity contribution in [2.24, 2.45) is 5.73 Å². The number of carboxylic acids is 2. The van der Waals surface area contributed by atoms with Crippen molar-refractivity contribution in [1.29, 1.82) is 0 Å². The minimum Gasteiger partial charge on any atom is -0.508 e. The molecule has 1 aromatic carbocycles. The van der Waals surface area contributed by atoms with Gasteiger partial charge in [-0.15, -0.1) is 0 Å². The lowest BCUT2D eigenvalue weighted by Crippen LogP contribution is -2.57. The number of carboxylic acid groups (broad SMARTS) is 2. The number of aliphatic carboxylic acids is 2. The van der Waals surface area contributed by atoms with E-state index in [1.54, 1.807) is 0 Å². The average Bonchev–Trinajstić information content (AvgIpc) is 2.71. The summed E-state index contributed by atoms with van der Waals surface area (Å²) in [5.41, 5.74) is 6.09. The fourth-order valence-corrected chi connectivity index (χ4v) is 2.75. The highest BCUT2D eigenvalue weighted by atomic mass is 32.1. The summed E-state index contributed by atoms with van der Waals surface area (Å²) in [4.78, 5) is 59.0. The summed E-state index contributed by atoms with van der Waals surface area (Å²) in [7, 11) is 0. The zero-order valence-corrected chi connectivity index (χ0v) is 18.0. The monoisotopic (exact) mass is 470 g/mol. The van der Waals surface area contributed by atoms with Crippen LogP contribution in [0.25, 0.3) is 0 Å². The molecular weight excluding hydrogens is 444 g/mol. The molecule has 13 heteroatoms. The summed E-state index contributed by atoms with van der Waals surface area (Å²) in [6, 6.07) is 0.725. The first-order chi connectivity index (χ1) is 14.9. The predicted molar refractivity (Wildman–Crippen MR) is 115 cm³/mol. The molecule has 32 heavy (non-hydrogen) atoms. The van der Waals surface area contributed by atoms with E-state index < -0.39 is 60.2 Å². The second kappa shape index (κ2) is 12.5. The second-order valence-corrected chi connectivity index (χ2v) is 7.31. The summed E-state index contributed by atoms with van der Waals surface area (Å²) in [6.07, 6.45) is -0.709. The van der Waals surface area contributed by atoms with E-state index in [-0.39, 0.29) is 17.9 Å². The molecule has 12 nitrogen and oxygen atoms in total. The highest BCUT2D eigenvalue weighted by molar-refractivity contribution is 7.80. The number of hydrogen-bond donors (Lipinski definition) is 8. The lowest BCUT2D eigenvalue weighted by Gasteiger charge is -2.23. The fourth-order valence-electron chi connectivity index (χ4n) is 2.50. The molecule has 8 N–H and O–H groups in total. The highest BCUT2D eigenvalue weighted by Crippen LogP contribution is 2.12. The van der Waals surface area contributed by atoms with Crippen LogP contribution in [0.2, 0.25) is 0 Å². The summed E-state index contributed by atoms with van der Waals surface area (Å²) < 4.78 is 0. The van der Waals surface area contributed by atoms with Gasteiger partial charge in [0.25, 0.3) is 0 Å². The van der Waals surface area contributed by atoms with Gasteiger partial charge in [0.15, 0.2) is 0 Å². The van der Waals surface area contributed by atoms with Gasteiger partial charge in [-0.05, 0) is 24.6 Å². The van der Waals surface area contributed by atoms with E-state index in [1.807, 2.05) is 0 Å². The van der Waals surface area contributed by atoms with Crippen molar-refractivity contribution in [1.82, 2.24) is 16.0 Å². The van der Waals surface area contributed by atoms with E-state index in [9.17, 15) is 29.1 Å². The van der Waals surface area contributed by atoms with Gasteiger partial charge in [0, 0.05) is 12.2 Å². The molecule has 0 heterocycles. The molecule has 0 aliphatic rings. The minimum atomic E-state index is -1.41. The molecule has 0 bridgehead atoms. The van der Waals surface area contributed by atoms with Gasteiger partial charge in [-0.2, -0.15) is 12.6 Å². The van der Waals surface area contributed by atoms with Crippen LogP contribution in [0.1, 0.15) is 18.9 Å². The summed E-state index contributed by atoms with van der Waals surface area (Å²) >= 11 is 3.84. The maximum absolute atomic E-state index is 12.8. The van der Waals surface area contributed by atoms with Crippen LogP contribution in [0, 0.1) is 0 Å². The highest BCUT2D eigenvalue weighted by Gasteiger charge is 2.28. The van der Waals surface area contributed by atoms with Crippen molar-refractivity contribution < 1.29 is 39.3 Å². The summed E-state index contributed by atoms with van der Waals surface area (Å²) in [5.74, 6) is -5.21. The van der Waals surface area contributed by atoms with Gasteiger partial charge in [0.1, 0.15) is 23.9 Å². The van der Waals surface area contributed by atoms with Gasteiger partial charge >= 0.3 is 11.9 Å². The first kappa shape index (κ1) is 26.7. The number of phenolic OH excluding ortho intramolecular Hbond substituents is 1. The number of carbonyl (C=O) groups excluding carboxylic acids is 3. The molecule has 4 atom stereocenters. The number of aromatic hydroxyl groups is 1. The molecule has 0 spiro atoms. The lowest BCUT2D eigenvalue weighted by molar-refractivity contribution is -0.141. The Morgan fingerprint density at radius 3 is 2.00 bits per heavy atom. The van der Waals surface area contributed by atoms with Crippen LogP contribution in [0.15, 0.2) is 24.3 Å². The van der Waals surface area contributed by atoms with Gasteiger partial charge in [0.05, 0.1) is 12.5 Å². The molecule has 0 fully saturated rings. The van der Waals surface area contributed by atoms with Crippen LogP contribution in [-0.4, -0.2) is 74.9 Å². The Kier molecular flexibility index (Phi) is 10.4. The topological polar surface area (TPSA) is 208 Å². The molecule has 0 saturated heterocycles. The Hall–Kier alpha value is -3.32. The number of amides is 3. The normalized spacial score (nSPS) is 14.3. The maximum Gasteiger partial charge on any atom is 0.327 e. The zero-order valence-electron chi connectivity index (χ0n) is 17.1. The van der Waals surface area contributed by atoms with Crippen LogP contribution in [0.5, 0.6) is 5.75 Å². The third-order valence-corrected chi connectivity index (χ3v) is 4.65. The predicted octanol–water partition coefficient (Wildman–Crippen LogP) is -1.77. The first-order valence-corrected chi connectivity index (χ1v) is 10.1. The zero-order chi connectivity index (χ0) is 24.4. The van der Waals surface area contributed by atoms with Gasteiger partial charge in [0.2, 0.25) is 17.7 Å². The molecule has 0 aromatic heterocycles. The minimum absolute atomic E-state index is 0.00950. The van der Waals surface area contributed by atoms with Gasteiger partial charge < -0.3 is 37.0 Å². The molecule has 0 aliphatic heterocycles. The van der Waals surface area contributed by atoms with Crippen molar-refractivity contribution >= 4 is 42.3 Å². The van der Waals surface area contributed by atoms with Crippen LogP contribution in [0.4, 0.5) is 0 Å². The van der Waals surface area contributed by atoms with E-state index in [4.69, 9.17) is 15.9 Å². The van der Waals surface area contributed by atoms with Crippen LogP contribution < -0.4 is 21.7 Å². The number of phenols is 1. The third-order valence-electron chi connectivity index (χ3n) is 4.29. The summed E-state index contributed by atoms with van der Waals surface area (Å²) in [5, 5.41) is 34.1. The Morgan fingerprint density at radius 2 is 1.50 bits per heavy atom. The molecule has 0 saturated carbocycles. The second-order valence-electron chi connectivity index (χ2n) is 6.95. The molecule has 4 unspecified atom stereocenters. The molecule has 0 aliphatic carbocycles. The Morgan fingerprint density at radius 1 is 0.938 bits per heavy atom. The van der Waals surface area contributed by atoms with Crippen molar-refractivity contribution in [3.8, 4) is 5.75 Å². The van der Waals surface area contributed by atoms with E-state index in [2.05, 4.69) is 28.6 Å². The van der Waals surface area contributed by atoms with Gasteiger partial charge in [-0.1, -0.05) is 12.1 Å². The fraction of sp³-hybridized carbons (Fsp3) is 0.421. The van der Waals surface area contributed by atoms with Crippen molar-refractivity contribution in [2.75, 3.05) is 5.75 Å². The van der Waals surface area contributed by atoms with Gasteiger partial charge in [-0.3, -0.25) is 19.2 Å². The van der Waals surface area contributed by atoms with Crippen molar-refractivity contribution in [3.63, 3.8) is 0 Å². The van der Waals surface area contributed by atoms with Crippen LogP contribution in [0.3, 0.4) is 0 Å². The molecule has 1 rings (SSSR count). The number of benzene rings is 1. The van der Waals surface area contributed by atoms with Crippen LogP contribution in [-0.2, 0) is 30.4 Å². The Bertz CT molecular complexity index is 848. The van der Waals surface area contributed by atoms with E-state index >= 15 is 0 Å². The van der Waals surface area contributed by atoms with E-state index in [1.165, 1.54) is 31.2 Å². The smallest absolute Gasteiger partial charge is 0.327 e. The number of rotatable bonds is 12. The SMILES string of the molecule is CC(NC(=O)C(Cc1ccc(O)cc1)NC(=O)C(N)CC(=O)O)C(=O)NC(CS)C(=O)O. The number of nitrogens with one attached hydrogen (secondary N) is 3. The van der Waals surface area contributed by atoms with Crippen LogP contribution >= 0.6 is 12.6 Å². The number of thiol groups is 1. The molecule has 176 valence electrons. The number of nitrogens with two attached hydrogens (primary N) is 1. The van der Waals surface area contributed by atoms with Crippen molar-refractivity contribution in [2.45, 2.75) is 43.9 Å². The summed E-state index contributed by atoms with van der Waals surface area (Å²) in [6.45, 7) is 1.32. The Balaban J connectivity index is 2.93. The molecule has 1 aromatic rings. The number of carbonyl (C=O) groups is 5. The quantitative estimate of drug-likeness (QED) is 0.162. The van der Waals surface area contributed by atoms with E-state index in [0.29, 0.717) is 5.56 Å². The first-order valence-electron chi connectivity index (χ1n) is 9.44. The largest absolute Gasteiger partial charge is 0.508 e. The molecule has 3 amide bonds. The standard InChI is InChI=1S/C19H26N4O8S/c1-9(16(27)23-14(8-32)19(30)31)21-18(29)13(6-10-2-4-11(24)5-3-10)22-17(28)12(20)7-15(25)26/h2-5,9,12-14,24,32H,6-8,20H2,1H3,(H,21,29)(H,22,28)(H,23,27)(H,25,26)(H,30,31). The van der Waals surface area contributed by atoms with Gasteiger partial charge in [-0.25, -0.2) is 4.79 Å². The van der Waals surface area contributed by atoms with E-state index in [0.717, 1.165) is 0 Å². The maximum atomic E-state index is 12.8. The third kappa shape index (κ3) is 8.81. The Labute approximate surface area is 189 Å². The number of hydrogen-bond acceptors (Lipinski definition) is 8. The lowest BCUT2D eigenvalue weighted by atomic mass is 10.0. The van der Waals surface area contributed by atoms with Crippen molar-refractivity contribution in [3.05, 3.63) is 29.8 Å².